The minimum absolute atomic E-state index is 0.149. The Morgan fingerprint density at radius 2 is 2.30 bits per heavy atom. The number of amides is 1. The van der Waals surface area contributed by atoms with Crippen LogP contribution in [-0.2, 0) is 4.79 Å². The molecule has 1 aliphatic heterocycles. The maximum absolute atomic E-state index is 13.4. The third-order valence-corrected chi connectivity index (χ3v) is 5.09. The maximum atomic E-state index is 13.4. The van der Waals surface area contributed by atoms with Gasteiger partial charge < -0.3 is 4.90 Å². The Hall–Kier alpha value is -1.82. The van der Waals surface area contributed by atoms with Crippen molar-refractivity contribution in [3.05, 3.63) is 42.5 Å². The van der Waals surface area contributed by atoms with E-state index in [1.54, 1.807) is 23.0 Å². The van der Waals surface area contributed by atoms with Crippen molar-refractivity contribution in [1.29, 1.82) is 0 Å². The standard InChI is InChI=1S/C17H20FN3OS/c1-13-5-2-3-9-20(13)16(22)12-23-17-19-8-10-21(17)15-7-4-6-14(18)11-15/h4,6-8,10-11,13H,2-3,5,9,12H2,1H3. The van der Waals surface area contributed by atoms with E-state index < -0.39 is 0 Å². The minimum Gasteiger partial charge on any atom is -0.339 e. The number of likely N-dealkylation sites (tertiary alicyclic amines) is 1. The zero-order valence-electron chi connectivity index (χ0n) is 13.1. The van der Waals surface area contributed by atoms with Crippen molar-refractivity contribution in [1.82, 2.24) is 14.5 Å². The third-order valence-electron chi connectivity index (χ3n) is 4.14. The van der Waals surface area contributed by atoms with Crippen LogP contribution in [0, 0.1) is 5.82 Å². The van der Waals surface area contributed by atoms with Gasteiger partial charge in [0.05, 0.1) is 11.4 Å². The SMILES string of the molecule is CC1CCCCN1C(=O)CSc1nccn1-c1cccc(F)c1. The summed E-state index contributed by atoms with van der Waals surface area (Å²) >= 11 is 1.40. The number of carbonyl (C=O) groups excluding carboxylic acids is 1. The van der Waals surface area contributed by atoms with Crippen LogP contribution in [0.15, 0.2) is 41.8 Å². The topological polar surface area (TPSA) is 38.1 Å². The first-order chi connectivity index (χ1) is 11.1. The second-order valence-electron chi connectivity index (χ2n) is 5.78. The van der Waals surface area contributed by atoms with Crippen molar-refractivity contribution in [2.24, 2.45) is 0 Å². The molecule has 1 unspecified atom stereocenters. The highest BCUT2D eigenvalue weighted by molar-refractivity contribution is 7.99. The summed E-state index contributed by atoms with van der Waals surface area (Å²) in [5.41, 5.74) is 0.712. The third kappa shape index (κ3) is 3.75. The van der Waals surface area contributed by atoms with E-state index in [9.17, 15) is 9.18 Å². The lowest BCUT2D eigenvalue weighted by molar-refractivity contribution is -0.131. The molecule has 1 aliphatic rings. The van der Waals surface area contributed by atoms with Crippen LogP contribution < -0.4 is 0 Å². The molecule has 4 nitrogen and oxygen atoms in total. The fourth-order valence-electron chi connectivity index (χ4n) is 2.90. The van der Waals surface area contributed by atoms with Gasteiger partial charge in [-0.2, -0.15) is 0 Å². The summed E-state index contributed by atoms with van der Waals surface area (Å²) in [7, 11) is 0. The summed E-state index contributed by atoms with van der Waals surface area (Å²) in [6.07, 6.45) is 6.81. The Balaban J connectivity index is 1.67. The molecule has 1 aromatic heterocycles. The van der Waals surface area contributed by atoms with Gasteiger partial charge in [-0.25, -0.2) is 9.37 Å². The molecule has 3 rings (SSSR count). The van der Waals surface area contributed by atoms with Crippen LogP contribution in [0.3, 0.4) is 0 Å². The van der Waals surface area contributed by atoms with E-state index in [2.05, 4.69) is 11.9 Å². The second kappa shape index (κ2) is 7.17. The molecule has 23 heavy (non-hydrogen) atoms. The van der Waals surface area contributed by atoms with Gasteiger partial charge in [-0.15, -0.1) is 0 Å². The highest BCUT2D eigenvalue weighted by atomic mass is 32.2. The van der Waals surface area contributed by atoms with Crippen molar-refractivity contribution in [2.45, 2.75) is 37.4 Å². The lowest BCUT2D eigenvalue weighted by Crippen LogP contribution is -2.42. The van der Waals surface area contributed by atoms with Gasteiger partial charge in [-0.05, 0) is 44.4 Å². The number of hydrogen-bond acceptors (Lipinski definition) is 3. The number of halogens is 1. The number of nitrogens with zero attached hydrogens (tertiary/aromatic N) is 3. The molecule has 1 aromatic carbocycles. The zero-order chi connectivity index (χ0) is 16.2. The van der Waals surface area contributed by atoms with Crippen LogP contribution in [0.1, 0.15) is 26.2 Å². The molecule has 1 fully saturated rings. The Labute approximate surface area is 139 Å². The molecule has 1 saturated heterocycles. The van der Waals surface area contributed by atoms with E-state index >= 15 is 0 Å². The van der Waals surface area contributed by atoms with Gasteiger partial charge >= 0.3 is 0 Å². The highest BCUT2D eigenvalue weighted by Crippen LogP contribution is 2.23. The number of hydrogen-bond donors (Lipinski definition) is 0. The lowest BCUT2D eigenvalue weighted by Gasteiger charge is -2.33. The van der Waals surface area contributed by atoms with Crippen molar-refractivity contribution in [2.75, 3.05) is 12.3 Å². The number of aromatic nitrogens is 2. The zero-order valence-corrected chi connectivity index (χ0v) is 13.9. The molecule has 0 spiro atoms. The molecule has 0 N–H and O–H groups in total. The normalized spacial score (nSPS) is 18.2. The van der Waals surface area contributed by atoms with Gasteiger partial charge in [-0.3, -0.25) is 9.36 Å². The quantitative estimate of drug-likeness (QED) is 0.804. The van der Waals surface area contributed by atoms with E-state index in [0.29, 0.717) is 22.6 Å². The first kappa shape index (κ1) is 16.1. The van der Waals surface area contributed by atoms with E-state index in [4.69, 9.17) is 0 Å². The molecule has 2 aromatic rings. The Morgan fingerprint density at radius 1 is 1.43 bits per heavy atom. The van der Waals surface area contributed by atoms with E-state index in [0.717, 1.165) is 19.4 Å². The largest absolute Gasteiger partial charge is 0.339 e. The fraction of sp³-hybridized carbons (Fsp3) is 0.412. The summed E-state index contributed by atoms with van der Waals surface area (Å²) in [5, 5.41) is 0.702. The van der Waals surface area contributed by atoms with Crippen LogP contribution in [-0.4, -0.2) is 38.7 Å². The van der Waals surface area contributed by atoms with Crippen molar-refractivity contribution >= 4 is 17.7 Å². The van der Waals surface area contributed by atoms with Crippen LogP contribution in [0.25, 0.3) is 5.69 Å². The van der Waals surface area contributed by atoms with Crippen molar-refractivity contribution < 1.29 is 9.18 Å². The number of thioether (sulfide) groups is 1. The predicted octanol–water partition coefficient (Wildman–Crippen LogP) is 3.50. The number of benzene rings is 1. The summed E-state index contributed by atoms with van der Waals surface area (Å²) in [6, 6.07) is 6.68. The lowest BCUT2D eigenvalue weighted by atomic mass is 10.0. The van der Waals surface area contributed by atoms with E-state index in [-0.39, 0.29) is 11.7 Å². The predicted molar refractivity (Wildman–Crippen MR) is 89.3 cm³/mol. The number of piperidine rings is 1. The first-order valence-electron chi connectivity index (χ1n) is 7.87. The molecule has 2 heterocycles. The Morgan fingerprint density at radius 3 is 3.09 bits per heavy atom. The number of imidazole rings is 1. The molecule has 0 saturated carbocycles. The molecular formula is C17H20FN3OS. The first-order valence-corrected chi connectivity index (χ1v) is 8.85. The second-order valence-corrected chi connectivity index (χ2v) is 6.72. The number of carbonyl (C=O) groups is 1. The summed E-state index contributed by atoms with van der Waals surface area (Å²) < 4.78 is 15.2. The highest BCUT2D eigenvalue weighted by Gasteiger charge is 2.23. The molecule has 0 aliphatic carbocycles. The summed E-state index contributed by atoms with van der Waals surface area (Å²) in [6.45, 7) is 2.95. The smallest absolute Gasteiger partial charge is 0.233 e. The Bertz CT molecular complexity index is 688. The minimum atomic E-state index is -0.287. The van der Waals surface area contributed by atoms with Gasteiger partial charge in [0.1, 0.15) is 5.82 Å². The molecule has 1 amide bonds. The molecule has 0 bridgehead atoms. The fourth-order valence-corrected chi connectivity index (χ4v) is 3.76. The van der Waals surface area contributed by atoms with Crippen LogP contribution >= 0.6 is 11.8 Å². The van der Waals surface area contributed by atoms with Crippen molar-refractivity contribution in [3.8, 4) is 5.69 Å². The average Bonchev–Trinajstić information content (AvgIpc) is 3.01. The van der Waals surface area contributed by atoms with Crippen LogP contribution in [0.5, 0.6) is 0 Å². The van der Waals surface area contributed by atoms with E-state index in [1.165, 1.54) is 30.3 Å². The molecule has 122 valence electrons. The molecule has 6 heteroatoms. The van der Waals surface area contributed by atoms with Gasteiger partial charge in [0.25, 0.3) is 0 Å². The summed E-state index contributed by atoms with van der Waals surface area (Å²) in [5.74, 6) is 0.220. The van der Waals surface area contributed by atoms with Crippen LogP contribution in [0.4, 0.5) is 4.39 Å². The molecule has 0 radical (unpaired) electrons. The van der Waals surface area contributed by atoms with Gasteiger partial charge in [0.2, 0.25) is 5.91 Å². The van der Waals surface area contributed by atoms with Gasteiger partial charge in [0, 0.05) is 25.0 Å². The molecule has 1 atom stereocenters. The Kier molecular flexibility index (Phi) is 5.00. The maximum Gasteiger partial charge on any atom is 0.233 e. The van der Waals surface area contributed by atoms with Gasteiger partial charge in [-0.1, -0.05) is 17.8 Å². The monoisotopic (exact) mass is 333 g/mol. The van der Waals surface area contributed by atoms with Gasteiger partial charge in [0.15, 0.2) is 5.16 Å². The van der Waals surface area contributed by atoms with Crippen LogP contribution in [0.2, 0.25) is 0 Å². The number of rotatable bonds is 4. The average molecular weight is 333 g/mol. The summed E-state index contributed by atoms with van der Waals surface area (Å²) in [4.78, 5) is 18.7. The van der Waals surface area contributed by atoms with Crippen molar-refractivity contribution in [3.63, 3.8) is 0 Å². The van der Waals surface area contributed by atoms with E-state index in [1.807, 2.05) is 11.0 Å². The molecular weight excluding hydrogens is 313 g/mol.